The van der Waals surface area contributed by atoms with Gasteiger partial charge in [-0.1, -0.05) is 18.2 Å². The number of ether oxygens (including phenoxy) is 2. The van der Waals surface area contributed by atoms with Crippen LogP contribution in [0.25, 0.3) is 6.08 Å². The minimum atomic E-state index is -0.120. The molecule has 27 heavy (non-hydrogen) atoms. The van der Waals surface area contributed by atoms with Crippen molar-refractivity contribution in [2.75, 3.05) is 32.2 Å². The fourth-order valence-electron chi connectivity index (χ4n) is 3.49. The lowest BCUT2D eigenvalue weighted by Gasteiger charge is -2.33. The predicted octanol–water partition coefficient (Wildman–Crippen LogP) is 4.74. The zero-order chi connectivity index (χ0) is 19.2. The van der Waals surface area contributed by atoms with E-state index in [1.165, 1.54) is 0 Å². The fraction of sp³-hybridized carbons (Fsp3) is 0.318. The molecule has 0 saturated carbocycles. The highest BCUT2D eigenvalue weighted by molar-refractivity contribution is 5.84. The first-order valence-electron chi connectivity index (χ1n) is 9.04. The number of aldehydes is 1. The minimum Gasteiger partial charge on any atom is -0.493 e. The van der Waals surface area contributed by atoms with Crippen molar-refractivity contribution in [2.24, 2.45) is 5.92 Å². The Morgan fingerprint density at radius 2 is 1.78 bits per heavy atom. The van der Waals surface area contributed by atoms with Crippen molar-refractivity contribution in [2.45, 2.75) is 12.8 Å². The van der Waals surface area contributed by atoms with Crippen LogP contribution in [0.1, 0.15) is 28.8 Å². The number of hydrogen-bond donors (Lipinski definition) is 0. The number of carbonyl (C=O) groups excluding carboxylic acids is 1. The van der Waals surface area contributed by atoms with Crippen LogP contribution in [0.3, 0.4) is 0 Å². The van der Waals surface area contributed by atoms with Crippen molar-refractivity contribution in [3.63, 3.8) is 0 Å². The van der Waals surface area contributed by atoms with Gasteiger partial charge in [0.05, 0.1) is 14.2 Å². The predicted molar refractivity (Wildman–Crippen MR) is 105 cm³/mol. The van der Waals surface area contributed by atoms with E-state index in [9.17, 15) is 9.18 Å². The second-order valence-electron chi connectivity index (χ2n) is 6.58. The average molecular weight is 369 g/mol. The summed E-state index contributed by atoms with van der Waals surface area (Å²) in [7, 11) is 3.14. The zero-order valence-electron chi connectivity index (χ0n) is 15.7. The molecule has 0 unspecified atom stereocenters. The summed E-state index contributed by atoms with van der Waals surface area (Å²) in [6.45, 7) is 1.45. The van der Waals surface area contributed by atoms with Crippen molar-refractivity contribution in [1.82, 2.24) is 0 Å². The average Bonchev–Trinajstić information content (AvgIpc) is 2.73. The van der Waals surface area contributed by atoms with Gasteiger partial charge in [-0.15, -0.1) is 0 Å². The van der Waals surface area contributed by atoms with Crippen molar-refractivity contribution >= 4 is 18.0 Å². The monoisotopic (exact) mass is 369 g/mol. The van der Waals surface area contributed by atoms with Gasteiger partial charge >= 0.3 is 0 Å². The van der Waals surface area contributed by atoms with Crippen LogP contribution in [0.2, 0.25) is 0 Å². The maximum atomic E-state index is 14.8. The molecule has 0 aliphatic carbocycles. The molecule has 4 nitrogen and oxygen atoms in total. The van der Waals surface area contributed by atoms with Gasteiger partial charge in [-0.2, -0.15) is 0 Å². The molecule has 1 fully saturated rings. The minimum absolute atomic E-state index is 0.113. The van der Waals surface area contributed by atoms with E-state index in [2.05, 4.69) is 4.90 Å². The summed E-state index contributed by atoms with van der Waals surface area (Å²) in [5, 5.41) is 0. The van der Waals surface area contributed by atoms with Crippen LogP contribution < -0.4 is 14.4 Å². The highest BCUT2D eigenvalue weighted by Crippen LogP contribution is 2.33. The maximum absolute atomic E-state index is 14.8. The number of piperidine rings is 1. The van der Waals surface area contributed by atoms with E-state index in [1.54, 1.807) is 32.4 Å². The molecule has 0 spiro atoms. The Balaban J connectivity index is 1.68. The Morgan fingerprint density at radius 3 is 2.44 bits per heavy atom. The van der Waals surface area contributed by atoms with Gasteiger partial charge in [0.1, 0.15) is 5.83 Å². The third-order valence-corrected chi connectivity index (χ3v) is 5.00. The molecular weight excluding hydrogens is 345 g/mol. The summed E-state index contributed by atoms with van der Waals surface area (Å²) in [4.78, 5) is 13.4. The smallest absolute Gasteiger partial charge is 0.161 e. The van der Waals surface area contributed by atoms with Crippen molar-refractivity contribution < 1.29 is 18.7 Å². The van der Waals surface area contributed by atoms with E-state index < -0.39 is 0 Å². The largest absolute Gasteiger partial charge is 0.493 e. The number of halogens is 1. The summed E-state index contributed by atoms with van der Waals surface area (Å²) in [6, 6.07) is 12.9. The summed E-state index contributed by atoms with van der Waals surface area (Å²) in [6.07, 6.45) is 3.87. The summed E-state index contributed by atoms with van der Waals surface area (Å²) < 4.78 is 25.3. The molecule has 2 aromatic rings. The maximum Gasteiger partial charge on any atom is 0.161 e. The number of benzene rings is 2. The van der Waals surface area contributed by atoms with Crippen LogP contribution in [0.15, 0.2) is 48.3 Å². The van der Waals surface area contributed by atoms with E-state index in [1.807, 2.05) is 30.3 Å². The Hall–Kier alpha value is -2.82. The number of nitrogens with zero attached hydrogens (tertiary/aromatic N) is 1. The first-order chi connectivity index (χ1) is 13.2. The second-order valence-corrected chi connectivity index (χ2v) is 6.58. The molecule has 3 rings (SSSR count). The van der Waals surface area contributed by atoms with Gasteiger partial charge in [0.2, 0.25) is 0 Å². The molecule has 0 aromatic heterocycles. The van der Waals surface area contributed by atoms with Crippen molar-refractivity contribution in [3.8, 4) is 11.5 Å². The number of para-hydroxylation sites is 1. The number of hydrogen-bond acceptors (Lipinski definition) is 4. The lowest BCUT2D eigenvalue weighted by molar-refractivity contribution is 0.112. The van der Waals surface area contributed by atoms with Gasteiger partial charge in [0.25, 0.3) is 0 Å². The molecule has 0 amide bonds. The van der Waals surface area contributed by atoms with Crippen LogP contribution in [-0.2, 0) is 0 Å². The van der Waals surface area contributed by atoms with E-state index >= 15 is 0 Å². The van der Waals surface area contributed by atoms with Crippen LogP contribution in [0.4, 0.5) is 10.1 Å². The SMILES string of the molecule is COc1ccc(/C=C(\F)C2CCN(c3ccccc3C=O)CC2)cc1OC. The molecule has 142 valence electrons. The van der Waals surface area contributed by atoms with E-state index in [4.69, 9.17) is 9.47 Å². The standard InChI is InChI=1S/C22H24FNO3/c1-26-21-8-7-16(14-22(21)27-2)13-19(23)17-9-11-24(12-10-17)20-6-4-3-5-18(20)15-25/h3-8,13-15,17H,9-12H2,1-2H3/b19-13-. The lowest BCUT2D eigenvalue weighted by atomic mass is 9.93. The molecule has 1 aliphatic heterocycles. The molecule has 0 bridgehead atoms. The second kappa shape index (κ2) is 8.71. The molecule has 0 atom stereocenters. The Morgan fingerprint density at radius 1 is 1.07 bits per heavy atom. The van der Waals surface area contributed by atoms with Gasteiger partial charge in [-0.3, -0.25) is 4.79 Å². The molecule has 1 heterocycles. The highest BCUT2D eigenvalue weighted by atomic mass is 19.1. The topological polar surface area (TPSA) is 38.8 Å². The summed E-state index contributed by atoms with van der Waals surface area (Å²) >= 11 is 0. The van der Waals surface area contributed by atoms with Gasteiger partial charge in [-0.05, 0) is 48.7 Å². The van der Waals surface area contributed by atoms with Gasteiger partial charge in [-0.25, -0.2) is 4.39 Å². The van der Waals surface area contributed by atoms with Crippen LogP contribution >= 0.6 is 0 Å². The van der Waals surface area contributed by atoms with Crippen molar-refractivity contribution in [1.29, 1.82) is 0 Å². The lowest BCUT2D eigenvalue weighted by Crippen LogP contribution is -2.34. The molecule has 1 aliphatic rings. The van der Waals surface area contributed by atoms with Gasteiger partial charge in [0.15, 0.2) is 17.8 Å². The Bertz CT molecular complexity index is 826. The molecule has 1 saturated heterocycles. The number of rotatable bonds is 6. The third-order valence-electron chi connectivity index (χ3n) is 5.00. The van der Waals surface area contributed by atoms with Gasteiger partial charge in [0, 0.05) is 30.3 Å². The number of allylic oxidation sites excluding steroid dienone is 1. The molecular formula is C22H24FNO3. The summed E-state index contributed by atoms with van der Waals surface area (Å²) in [5.41, 5.74) is 2.35. The Kier molecular flexibility index (Phi) is 6.12. The Labute approximate surface area is 159 Å². The molecule has 0 N–H and O–H groups in total. The molecule has 2 aromatic carbocycles. The quantitative estimate of drug-likeness (QED) is 0.689. The van der Waals surface area contributed by atoms with Crippen molar-refractivity contribution in [3.05, 3.63) is 59.4 Å². The first-order valence-corrected chi connectivity index (χ1v) is 9.04. The fourth-order valence-corrected chi connectivity index (χ4v) is 3.49. The first kappa shape index (κ1) is 19.0. The molecule has 0 radical (unpaired) electrons. The van der Waals surface area contributed by atoms with Crippen LogP contribution in [0, 0.1) is 5.92 Å². The zero-order valence-corrected chi connectivity index (χ0v) is 15.7. The molecule has 5 heteroatoms. The summed E-state index contributed by atoms with van der Waals surface area (Å²) in [5.74, 6) is 0.972. The number of anilines is 1. The van der Waals surface area contributed by atoms with E-state index in [0.717, 1.165) is 30.6 Å². The van der Waals surface area contributed by atoms with Crippen LogP contribution in [-0.4, -0.2) is 33.6 Å². The third kappa shape index (κ3) is 4.30. The normalized spacial score (nSPS) is 15.5. The highest BCUT2D eigenvalue weighted by Gasteiger charge is 2.24. The van der Waals surface area contributed by atoms with E-state index in [-0.39, 0.29) is 11.7 Å². The van der Waals surface area contributed by atoms with Crippen LogP contribution in [0.5, 0.6) is 11.5 Å². The number of carbonyl (C=O) groups is 1. The van der Waals surface area contributed by atoms with Gasteiger partial charge < -0.3 is 14.4 Å². The number of methoxy groups -OCH3 is 2. The van der Waals surface area contributed by atoms with E-state index in [0.29, 0.717) is 29.9 Å².